The number of halogens is 1. The fourth-order valence-corrected chi connectivity index (χ4v) is 4.00. The average Bonchev–Trinajstić information content (AvgIpc) is 2.85. The Morgan fingerprint density at radius 2 is 2.00 bits per heavy atom. The van der Waals surface area contributed by atoms with Crippen LogP contribution in [0.4, 0.5) is 5.69 Å². The molecule has 26 heavy (non-hydrogen) atoms. The van der Waals surface area contributed by atoms with Gasteiger partial charge >= 0.3 is 0 Å². The number of aliphatic hydroxyl groups excluding tert-OH is 1. The molecule has 0 saturated heterocycles. The summed E-state index contributed by atoms with van der Waals surface area (Å²) in [6.45, 7) is 2.30. The van der Waals surface area contributed by atoms with Gasteiger partial charge < -0.3 is 15.1 Å². The van der Waals surface area contributed by atoms with Crippen molar-refractivity contribution in [1.29, 1.82) is 0 Å². The van der Waals surface area contributed by atoms with Gasteiger partial charge in [-0.25, -0.2) is 0 Å². The van der Waals surface area contributed by atoms with Crippen molar-refractivity contribution >= 4 is 34.2 Å². The highest BCUT2D eigenvalue weighted by Crippen LogP contribution is 2.45. The summed E-state index contributed by atoms with van der Waals surface area (Å²) in [7, 11) is 0. The zero-order chi connectivity index (χ0) is 18.7. The standard InChI is InChI=1S/C21H22INO3/c1-15(7-4-5-12-24)21(26)18-10-2-3-11-19(18)23(20(21)25)14-16-8-6-9-17(22)13-16/h2-4,6-11,13,15,24,26H,5,12,14H2,1H3/b7-4+/t15-,21+/m1/s1. The Balaban J connectivity index is 1.97. The molecular formula is C21H22INO3. The lowest BCUT2D eigenvalue weighted by atomic mass is 9.83. The maximum absolute atomic E-state index is 13.2. The van der Waals surface area contributed by atoms with E-state index in [1.165, 1.54) is 0 Å². The number of para-hydroxylation sites is 1. The number of amides is 1. The van der Waals surface area contributed by atoms with Crippen LogP contribution in [0.15, 0.2) is 60.7 Å². The Kier molecular flexibility index (Phi) is 5.79. The molecule has 0 unspecified atom stereocenters. The van der Waals surface area contributed by atoms with E-state index < -0.39 is 11.5 Å². The third-order valence-electron chi connectivity index (χ3n) is 4.79. The number of aliphatic hydroxyl groups is 2. The van der Waals surface area contributed by atoms with Gasteiger partial charge in [-0.05, 0) is 52.8 Å². The quantitative estimate of drug-likeness (QED) is 0.509. The first-order chi connectivity index (χ1) is 12.5. The maximum atomic E-state index is 13.2. The van der Waals surface area contributed by atoms with E-state index in [2.05, 4.69) is 22.6 Å². The molecule has 2 N–H and O–H groups in total. The van der Waals surface area contributed by atoms with Crippen molar-refractivity contribution in [2.45, 2.75) is 25.5 Å². The van der Waals surface area contributed by atoms with E-state index in [0.717, 1.165) is 14.8 Å². The van der Waals surface area contributed by atoms with Gasteiger partial charge in [-0.1, -0.05) is 49.4 Å². The van der Waals surface area contributed by atoms with Crippen LogP contribution in [0.5, 0.6) is 0 Å². The van der Waals surface area contributed by atoms with Crippen LogP contribution in [0.25, 0.3) is 0 Å². The Labute approximate surface area is 167 Å². The van der Waals surface area contributed by atoms with Gasteiger partial charge in [-0.3, -0.25) is 4.79 Å². The minimum absolute atomic E-state index is 0.0466. The summed E-state index contributed by atoms with van der Waals surface area (Å²) in [5, 5.41) is 20.3. The number of hydrogen-bond acceptors (Lipinski definition) is 3. The van der Waals surface area contributed by atoms with E-state index >= 15 is 0 Å². The molecular weight excluding hydrogens is 441 g/mol. The fourth-order valence-electron chi connectivity index (χ4n) is 3.39. The van der Waals surface area contributed by atoms with Crippen LogP contribution in [0.1, 0.15) is 24.5 Å². The molecule has 0 fully saturated rings. The largest absolute Gasteiger partial charge is 0.396 e. The number of benzene rings is 2. The highest BCUT2D eigenvalue weighted by molar-refractivity contribution is 14.1. The Morgan fingerprint density at radius 1 is 1.23 bits per heavy atom. The second kappa shape index (κ2) is 7.90. The highest BCUT2D eigenvalue weighted by Gasteiger charge is 2.52. The summed E-state index contributed by atoms with van der Waals surface area (Å²) in [4.78, 5) is 14.9. The van der Waals surface area contributed by atoms with Crippen LogP contribution in [0.2, 0.25) is 0 Å². The van der Waals surface area contributed by atoms with Crippen molar-refractivity contribution in [3.05, 3.63) is 75.4 Å². The molecule has 1 amide bonds. The number of carbonyl (C=O) groups excluding carboxylic acids is 1. The molecule has 1 heterocycles. The van der Waals surface area contributed by atoms with Crippen molar-refractivity contribution < 1.29 is 15.0 Å². The number of anilines is 1. The number of hydrogen-bond donors (Lipinski definition) is 2. The predicted molar refractivity (Wildman–Crippen MR) is 111 cm³/mol. The Bertz CT molecular complexity index is 836. The van der Waals surface area contributed by atoms with Gasteiger partial charge in [0.25, 0.3) is 5.91 Å². The van der Waals surface area contributed by atoms with Gasteiger partial charge in [-0.2, -0.15) is 0 Å². The van der Waals surface area contributed by atoms with E-state index in [1.54, 1.807) is 17.1 Å². The van der Waals surface area contributed by atoms with Gasteiger partial charge in [0, 0.05) is 21.7 Å². The molecule has 2 atom stereocenters. The molecule has 1 aliphatic heterocycles. The van der Waals surface area contributed by atoms with Crippen LogP contribution < -0.4 is 4.90 Å². The molecule has 0 spiro atoms. The predicted octanol–water partition coefficient (Wildman–Crippen LogP) is 3.60. The molecule has 2 aromatic rings. The second-order valence-electron chi connectivity index (χ2n) is 6.53. The van der Waals surface area contributed by atoms with Crippen LogP contribution in [0.3, 0.4) is 0 Å². The lowest BCUT2D eigenvalue weighted by Crippen LogP contribution is -2.44. The molecule has 4 nitrogen and oxygen atoms in total. The SMILES string of the molecule is C[C@H](/C=C/CCO)[C@@]1(O)C(=O)N(Cc2cccc(I)c2)c2ccccc21. The molecule has 0 radical (unpaired) electrons. The number of fused-ring (bicyclic) bond motifs is 1. The Hall–Kier alpha value is -1.70. The zero-order valence-electron chi connectivity index (χ0n) is 14.6. The minimum Gasteiger partial charge on any atom is -0.396 e. The molecule has 0 aliphatic carbocycles. The van der Waals surface area contributed by atoms with Crippen LogP contribution >= 0.6 is 22.6 Å². The molecule has 3 rings (SSSR count). The third-order valence-corrected chi connectivity index (χ3v) is 5.46. The van der Waals surface area contributed by atoms with Crippen molar-refractivity contribution in [3.8, 4) is 0 Å². The summed E-state index contributed by atoms with van der Waals surface area (Å²) >= 11 is 2.25. The van der Waals surface area contributed by atoms with Crippen LogP contribution in [0, 0.1) is 9.49 Å². The van der Waals surface area contributed by atoms with Gasteiger partial charge in [0.15, 0.2) is 5.60 Å². The lowest BCUT2D eigenvalue weighted by molar-refractivity contribution is -0.139. The average molecular weight is 463 g/mol. The van der Waals surface area contributed by atoms with Gasteiger partial charge in [-0.15, -0.1) is 0 Å². The van der Waals surface area contributed by atoms with Crippen LogP contribution in [-0.4, -0.2) is 22.7 Å². The topological polar surface area (TPSA) is 60.8 Å². The van der Waals surface area contributed by atoms with Gasteiger partial charge in [0.2, 0.25) is 0 Å². The molecule has 2 aromatic carbocycles. The number of nitrogens with zero attached hydrogens (tertiary/aromatic N) is 1. The monoisotopic (exact) mass is 463 g/mol. The molecule has 0 bridgehead atoms. The van der Waals surface area contributed by atoms with Crippen molar-refractivity contribution in [3.63, 3.8) is 0 Å². The van der Waals surface area contributed by atoms with Crippen molar-refractivity contribution in [2.75, 3.05) is 11.5 Å². The first-order valence-electron chi connectivity index (χ1n) is 8.64. The Morgan fingerprint density at radius 3 is 2.73 bits per heavy atom. The summed E-state index contributed by atoms with van der Waals surface area (Å²) in [6.07, 6.45) is 4.11. The summed E-state index contributed by atoms with van der Waals surface area (Å²) in [6, 6.07) is 15.4. The lowest BCUT2D eigenvalue weighted by Gasteiger charge is -2.27. The summed E-state index contributed by atoms with van der Waals surface area (Å²) in [5.41, 5.74) is 0.815. The van der Waals surface area contributed by atoms with E-state index in [1.807, 2.05) is 55.5 Å². The van der Waals surface area contributed by atoms with E-state index in [0.29, 0.717) is 18.5 Å². The minimum atomic E-state index is -1.59. The summed E-state index contributed by atoms with van der Waals surface area (Å²) < 4.78 is 1.11. The first-order valence-corrected chi connectivity index (χ1v) is 9.72. The van der Waals surface area contributed by atoms with E-state index in [9.17, 15) is 9.90 Å². The maximum Gasteiger partial charge on any atom is 0.264 e. The van der Waals surface area contributed by atoms with Gasteiger partial charge in [0.1, 0.15) is 0 Å². The molecule has 136 valence electrons. The second-order valence-corrected chi connectivity index (χ2v) is 7.78. The molecule has 1 aliphatic rings. The summed E-state index contributed by atoms with van der Waals surface area (Å²) in [5.74, 6) is -0.706. The fraction of sp³-hybridized carbons (Fsp3) is 0.286. The normalized spacial score (nSPS) is 20.6. The number of carbonyl (C=O) groups is 1. The number of rotatable bonds is 6. The van der Waals surface area contributed by atoms with E-state index in [4.69, 9.17) is 5.11 Å². The van der Waals surface area contributed by atoms with E-state index in [-0.39, 0.29) is 12.5 Å². The molecule has 0 aromatic heterocycles. The van der Waals surface area contributed by atoms with Gasteiger partial charge in [0.05, 0.1) is 12.2 Å². The third kappa shape index (κ3) is 3.43. The smallest absolute Gasteiger partial charge is 0.264 e. The van der Waals surface area contributed by atoms with Crippen molar-refractivity contribution in [1.82, 2.24) is 0 Å². The molecule has 0 saturated carbocycles. The molecule has 5 heteroatoms. The first kappa shape index (κ1) is 19.1. The zero-order valence-corrected chi connectivity index (χ0v) is 16.8. The van der Waals surface area contributed by atoms with Crippen molar-refractivity contribution in [2.24, 2.45) is 5.92 Å². The highest BCUT2D eigenvalue weighted by atomic mass is 127. The van der Waals surface area contributed by atoms with Crippen LogP contribution in [-0.2, 0) is 16.9 Å².